The van der Waals surface area contributed by atoms with Gasteiger partial charge >= 0.3 is 23.9 Å². The van der Waals surface area contributed by atoms with Gasteiger partial charge in [-0.2, -0.15) is 0 Å². The number of hydrogen-bond donors (Lipinski definition) is 1. The molecule has 2 saturated heterocycles. The molecule has 3 aliphatic rings. The van der Waals surface area contributed by atoms with Gasteiger partial charge in [0.25, 0.3) is 0 Å². The second-order valence-corrected chi connectivity index (χ2v) is 11.6. The van der Waals surface area contributed by atoms with Gasteiger partial charge in [0.2, 0.25) is 5.60 Å². The fraction of sp³-hybridized carbons (Fsp3) is 0.667. The van der Waals surface area contributed by atoms with E-state index in [0.29, 0.717) is 24.0 Å². The molecule has 0 saturated carbocycles. The SMILES string of the molecule is C/C=C(/C)C(=O)O[C@@H](C)[C@](C)(O)C(=O)O[C@@H]1/C=C(\C)CC[C@H]2O[C@@]2(C)C[C@H]2OC(=O)[C@](C)(OC(=O)/C(C)=C\C)[C@H]12. The van der Waals surface area contributed by atoms with Crippen molar-refractivity contribution >= 4 is 23.9 Å². The standard InChI is InChI=1S/C30H42O10/c1-10-17(4)24(31)36-19(6)29(8,35)26(33)37-20-14-16(3)12-13-22-28(7,39-22)15-21-23(20)30(9,27(34)38-21)40-25(32)18(5)11-2/h10-11,14,19-23,35H,12-13,15H2,1-9H3/b16-14+,17-10-,18-11-/t19-,20+,21+,22+,23+,28-,29-,30+/m0/s1. The van der Waals surface area contributed by atoms with Crippen molar-refractivity contribution in [3.63, 3.8) is 0 Å². The molecule has 0 aromatic carbocycles. The first kappa shape index (κ1) is 31.5. The second-order valence-electron chi connectivity index (χ2n) is 11.6. The predicted octanol–water partition coefficient (Wildman–Crippen LogP) is 3.64. The number of aliphatic hydroxyl groups is 1. The van der Waals surface area contributed by atoms with Crippen molar-refractivity contribution < 1.29 is 48.0 Å². The first-order valence-corrected chi connectivity index (χ1v) is 13.7. The zero-order valence-electron chi connectivity index (χ0n) is 24.9. The maximum absolute atomic E-state index is 13.5. The lowest BCUT2D eigenvalue weighted by Crippen LogP contribution is -2.54. The fourth-order valence-electron chi connectivity index (χ4n) is 5.08. The molecule has 0 spiro atoms. The van der Waals surface area contributed by atoms with Gasteiger partial charge in [-0.3, -0.25) is 0 Å². The average Bonchev–Trinajstić information content (AvgIpc) is 3.46. The molecular weight excluding hydrogens is 520 g/mol. The van der Waals surface area contributed by atoms with Crippen LogP contribution < -0.4 is 0 Å². The summed E-state index contributed by atoms with van der Waals surface area (Å²) in [5, 5.41) is 11.1. The molecule has 0 amide bonds. The number of fused-ring (bicyclic) bond motifs is 2. The smallest absolute Gasteiger partial charge is 0.351 e. The number of ether oxygens (including phenoxy) is 5. The molecule has 0 aromatic rings. The van der Waals surface area contributed by atoms with Gasteiger partial charge in [-0.1, -0.05) is 17.7 Å². The van der Waals surface area contributed by atoms with E-state index in [1.807, 2.05) is 13.8 Å². The number of rotatable bonds is 7. The van der Waals surface area contributed by atoms with Crippen LogP contribution in [-0.2, 0) is 42.9 Å². The molecule has 2 fully saturated rings. The molecule has 222 valence electrons. The number of allylic oxidation sites excluding steroid dienone is 3. The van der Waals surface area contributed by atoms with Crippen molar-refractivity contribution in [1.82, 2.24) is 0 Å². The third-order valence-electron chi connectivity index (χ3n) is 8.49. The Morgan fingerprint density at radius 2 is 1.75 bits per heavy atom. The van der Waals surface area contributed by atoms with Crippen molar-refractivity contribution in [2.45, 2.75) is 123 Å². The van der Waals surface area contributed by atoms with Gasteiger partial charge in [0, 0.05) is 17.6 Å². The quantitative estimate of drug-likeness (QED) is 0.161. The van der Waals surface area contributed by atoms with Crippen LogP contribution >= 0.6 is 0 Å². The molecule has 0 aromatic heterocycles. The molecular formula is C30H42O10. The van der Waals surface area contributed by atoms with Crippen LogP contribution in [0.4, 0.5) is 0 Å². The highest BCUT2D eigenvalue weighted by atomic mass is 16.6. The van der Waals surface area contributed by atoms with Crippen molar-refractivity contribution in [3.8, 4) is 0 Å². The Bertz CT molecular complexity index is 1150. The van der Waals surface area contributed by atoms with E-state index in [1.165, 1.54) is 20.8 Å². The minimum atomic E-state index is -2.23. The normalized spacial score (nSPS) is 36.0. The van der Waals surface area contributed by atoms with Gasteiger partial charge in [-0.15, -0.1) is 0 Å². The van der Waals surface area contributed by atoms with Gasteiger partial charge in [-0.05, 0) is 81.2 Å². The van der Waals surface area contributed by atoms with Gasteiger partial charge in [0.05, 0.1) is 17.6 Å². The summed E-state index contributed by atoms with van der Waals surface area (Å²) in [5.74, 6) is -4.17. The van der Waals surface area contributed by atoms with E-state index >= 15 is 0 Å². The van der Waals surface area contributed by atoms with Crippen LogP contribution in [0.5, 0.6) is 0 Å². The number of hydrogen-bond acceptors (Lipinski definition) is 10. The Labute approximate surface area is 235 Å². The van der Waals surface area contributed by atoms with E-state index in [-0.39, 0.29) is 6.10 Å². The van der Waals surface area contributed by atoms with E-state index in [1.54, 1.807) is 45.9 Å². The number of epoxide rings is 1. The maximum atomic E-state index is 13.5. The van der Waals surface area contributed by atoms with Crippen LogP contribution in [0, 0.1) is 5.92 Å². The first-order chi connectivity index (χ1) is 18.5. The Morgan fingerprint density at radius 3 is 2.35 bits per heavy atom. The minimum Gasteiger partial charge on any atom is -0.459 e. The zero-order chi connectivity index (χ0) is 30.2. The summed E-state index contributed by atoms with van der Waals surface area (Å²) in [6.45, 7) is 14.3. The monoisotopic (exact) mass is 562 g/mol. The Kier molecular flexibility index (Phi) is 9.06. The average molecular weight is 563 g/mol. The molecule has 2 aliphatic heterocycles. The highest BCUT2D eigenvalue weighted by Crippen LogP contribution is 2.50. The summed E-state index contributed by atoms with van der Waals surface area (Å²) in [5.41, 5.74) is -3.12. The van der Waals surface area contributed by atoms with Crippen molar-refractivity contribution in [2.75, 3.05) is 0 Å². The van der Waals surface area contributed by atoms with E-state index in [2.05, 4.69) is 0 Å². The molecule has 0 bridgehead atoms. The topological polar surface area (TPSA) is 138 Å². The van der Waals surface area contributed by atoms with E-state index in [9.17, 15) is 24.3 Å². The summed E-state index contributed by atoms with van der Waals surface area (Å²) in [6.07, 6.45) is 3.27. The minimum absolute atomic E-state index is 0.0223. The Hall–Kier alpha value is -2.98. The van der Waals surface area contributed by atoms with Gasteiger partial charge < -0.3 is 28.8 Å². The molecule has 10 nitrogen and oxygen atoms in total. The first-order valence-electron chi connectivity index (χ1n) is 13.7. The summed E-state index contributed by atoms with van der Waals surface area (Å²) in [6, 6.07) is 0. The zero-order valence-corrected chi connectivity index (χ0v) is 24.9. The summed E-state index contributed by atoms with van der Waals surface area (Å²) in [7, 11) is 0. The third kappa shape index (κ3) is 6.17. The number of carbonyl (C=O) groups is 4. The highest BCUT2D eigenvalue weighted by Gasteiger charge is 2.65. The van der Waals surface area contributed by atoms with Crippen molar-refractivity contribution in [2.24, 2.45) is 5.92 Å². The van der Waals surface area contributed by atoms with E-state index < -0.39 is 64.9 Å². The van der Waals surface area contributed by atoms with Gasteiger partial charge in [0.1, 0.15) is 18.3 Å². The third-order valence-corrected chi connectivity index (χ3v) is 8.49. The maximum Gasteiger partial charge on any atom is 0.351 e. The Morgan fingerprint density at radius 1 is 1.15 bits per heavy atom. The summed E-state index contributed by atoms with van der Waals surface area (Å²) >= 11 is 0. The van der Waals surface area contributed by atoms with Crippen molar-refractivity contribution in [3.05, 3.63) is 34.9 Å². The van der Waals surface area contributed by atoms with Crippen LogP contribution in [-0.4, -0.2) is 70.2 Å². The molecule has 3 rings (SSSR count). The second kappa shape index (κ2) is 11.5. The van der Waals surface area contributed by atoms with Crippen LogP contribution in [0.3, 0.4) is 0 Å². The van der Waals surface area contributed by atoms with Crippen LogP contribution in [0.2, 0.25) is 0 Å². The molecule has 0 unspecified atom stereocenters. The summed E-state index contributed by atoms with van der Waals surface area (Å²) < 4.78 is 28.7. The molecule has 1 N–H and O–H groups in total. The fourth-order valence-corrected chi connectivity index (χ4v) is 5.08. The summed E-state index contributed by atoms with van der Waals surface area (Å²) in [4.78, 5) is 51.9. The molecule has 40 heavy (non-hydrogen) atoms. The number of esters is 4. The largest absolute Gasteiger partial charge is 0.459 e. The lowest BCUT2D eigenvalue weighted by atomic mass is 9.77. The molecule has 10 heteroatoms. The molecule has 8 atom stereocenters. The highest BCUT2D eigenvalue weighted by molar-refractivity contribution is 5.92. The van der Waals surface area contributed by atoms with Crippen LogP contribution in [0.25, 0.3) is 0 Å². The molecule has 1 aliphatic carbocycles. The lowest BCUT2D eigenvalue weighted by Gasteiger charge is -2.36. The van der Waals surface area contributed by atoms with Crippen molar-refractivity contribution in [1.29, 1.82) is 0 Å². The van der Waals surface area contributed by atoms with Gasteiger partial charge in [-0.25, -0.2) is 19.2 Å². The molecule has 0 radical (unpaired) electrons. The van der Waals surface area contributed by atoms with Crippen LogP contribution in [0.15, 0.2) is 34.9 Å². The molecule has 2 heterocycles. The van der Waals surface area contributed by atoms with E-state index in [4.69, 9.17) is 23.7 Å². The van der Waals surface area contributed by atoms with Crippen LogP contribution in [0.1, 0.15) is 81.6 Å². The number of carbonyl (C=O) groups excluding carboxylic acids is 4. The van der Waals surface area contributed by atoms with Gasteiger partial charge in [0.15, 0.2) is 5.60 Å². The predicted molar refractivity (Wildman–Crippen MR) is 144 cm³/mol. The Balaban J connectivity index is 2.01. The lowest BCUT2D eigenvalue weighted by molar-refractivity contribution is -0.190. The van der Waals surface area contributed by atoms with E-state index in [0.717, 1.165) is 12.0 Å².